The van der Waals surface area contributed by atoms with Crippen LogP contribution in [0, 0.1) is 24.0 Å². The summed E-state index contributed by atoms with van der Waals surface area (Å²) in [5, 5.41) is 11.5. The summed E-state index contributed by atoms with van der Waals surface area (Å²) < 4.78 is 6.62. The predicted octanol–water partition coefficient (Wildman–Crippen LogP) is 2.78. The Kier molecular flexibility index (Phi) is 4.98. The number of carbonyl (C=O) groups excluding carboxylic acids is 1. The molecule has 0 fully saturated rings. The standard InChI is InChI=1S/C19H17N3O5/c1-12-7-8-14(11-17(12)22(25)26)19(24)27-10-9-21-13(2)20-16-6-4-3-5-15(16)18(21)23/h3-8,11H,9-10H2,1-2H3. The van der Waals surface area contributed by atoms with E-state index in [4.69, 9.17) is 4.74 Å². The maximum Gasteiger partial charge on any atom is 0.338 e. The van der Waals surface area contributed by atoms with E-state index < -0.39 is 10.9 Å². The van der Waals surface area contributed by atoms with Gasteiger partial charge in [-0.2, -0.15) is 0 Å². The predicted molar refractivity (Wildman–Crippen MR) is 98.9 cm³/mol. The van der Waals surface area contributed by atoms with Gasteiger partial charge in [0.1, 0.15) is 12.4 Å². The average Bonchev–Trinajstić information content (AvgIpc) is 2.64. The Bertz CT molecular complexity index is 1100. The van der Waals surface area contributed by atoms with E-state index in [0.717, 1.165) is 0 Å². The molecule has 0 aliphatic heterocycles. The van der Waals surface area contributed by atoms with Crippen LogP contribution in [0.5, 0.6) is 0 Å². The van der Waals surface area contributed by atoms with Gasteiger partial charge < -0.3 is 4.74 Å². The molecule has 0 aliphatic rings. The summed E-state index contributed by atoms with van der Waals surface area (Å²) in [5.41, 5.74) is 0.810. The molecule has 3 rings (SSSR count). The maximum atomic E-state index is 12.6. The highest BCUT2D eigenvalue weighted by Gasteiger charge is 2.16. The van der Waals surface area contributed by atoms with E-state index in [1.807, 2.05) is 0 Å². The van der Waals surface area contributed by atoms with Crippen LogP contribution in [-0.2, 0) is 11.3 Å². The van der Waals surface area contributed by atoms with Crippen molar-refractivity contribution in [1.29, 1.82) is 0 Å². The SMILES string of the molecule is Cc1ccc(C(=O)OCCn2c(C)nc3ccccc3c2=O)cc1[N+](=O)[O-]. The van der Waals surface area contributed by atoms with Gasteiger partial charge in [0.2, 0.25) is 0 Å². The highest BCUT2D eigenvalue weighted by molar-refractivity contribution is 5.90. The number of hydrogen-bond acceptors (Lipinski definition) is 6. The van der Waals surface area contributed by atoms with Crippen LogP contribution >= 0.6 is 0 Å². The molecule has 1 heterocycles. The number of hydrogen-bond donors (Lipinski definition) is 0. The van der Waals surface area contributed by atoms with Gasteiger partial charge in [0, 0.05) is 11.6 Å². The Hall–Kier alpha value is -3.55. The van der Waals surface area contributed by atoms with Crippen molar-refractivity contribution >= 4 is 22.6 Å². The normalized spacial score (nSPS) is 10.7. The summed E-state index contributed by atoms with van der Waals surface area (Å²) in [7, 11) is 0. The molecule has 0 saturated carbocycles. The summed E-state index contributed by atoms with van der Waals surface area (Å²) in [4.78, 5) is 39.5. The molecule has 0 unspecified atom stereocenters. The highest BCUT2D eigenvalue weighted by atomic mass is 16.6. The van der Waals surface area contributed by atoms with Gasteiger partial charge in [-0.15, -0.1) is 0 Å². The van der Waals surface area contributed by atoms with Crippen LogP contribution in [0.2, 0.25) is 0 Å². The van der Waals surface area contributed by atoms with Gasteiger partial charge in [-0.3, -0.25) is 19.5 Å². The van der Waals surface area contributed by atoms with Gasteiger partial charge in [0.05, 0.1) is 27.9 Å². The third kappa shape index (κ3) is 3.69. The number of ether oxygens (including phenoxy) is 1. The lowest BCUT2D eigenvalue weighted by atomic mass is 10.1. The van der Waals surface area contributed by atoms with Crippen molar-refractivity contribution in [2.24, 2.45) is 0 Å². The third-order valence-electron chi connectivity index (χ3n) is 4.24. The van der Waals surface area contributed by atoms with E-state index >= 15 is 0 Å². The van der Waals surface area contributed by atoms with Gasteiger partial charge in [-0.05, 0) is 32.0 Å². The minimum Gasteiger partial charge on any atom is -0.460 e. The number of aryl methyl sites for hydroxylation is 2. The molecule has 0 atom stereocenters. The fourth-order valence-corrected chi connectivity index (χ4v) is 2.79. The first-order chi connectivity index (χ1) is 12.9. The molecule has 138 valence electrons. The lowest BCUT2D eigenvalue weighted by Crippen LogP contribution is -2.26. The molecule has 0 spiro atoms. The summed E-state index contributed by atoms with van der Waals surface area (Å²) in [6.07, 6.45) is 0. The molecule has 27 heavy (non-hydrogen) atoms. The number of nitro groups is 1. The van der Waals surface area contributed by atoms with Crippen molar-refractivity contribution in [3.05, 3.63) is 79.9 Å². The average molecular weight is 367 g/mol. The number of carbonyl (C=O) groups is 1. The summed E-state index contributed by atoms with van der Waals surface area (Å²) >= 11 is 0. The van der Waals surface area contributed by atoms with Crippen molar-refractivity contribution in [2.45, 2.75) is 20.4 Å². The lowest BCUT2D eigenvalue weighted by molar-refractivity contribution is -0.385. The molecule has 0 radical (unpaired) electrons. The summed E-state index contributed by atoms with van der Waals surface area (Å²) in [6.45, 7) is 3.39. The summed E-state index contributed by atoms with van der Waals surface area (Å²) in [5.74, 6) is -0.168. The molecular weight excluding hydrogens is 350 g/mol. The number of rotatable bonds is 5. The second-order valence-electron chi connectivity index (χ2n) is 6.03. The lowest BCUT2D eigenvalue weighted by Gasteiger charge is -2.11. The van der Waals surface area contributed by atoms with Crippen molar-refractivity contribution in [1.82, 2.24) is 9.55 Å². The number of esters is 1. The zero-order valence-corrected chi connectivity index (χ0v) is 14.8. The van der Waals surface area contributed by atoms with Crippen molar-refractivity contribution in [3.63, 3.8) is 0 Å². The molecule has 0 N–H and O–H groups in total. The Balaban J connectivity index is 1.74. The molecular formula is C19H17N3O5. The van der Waals surface area contributed by atoms with E-state index in [0.29, 0.717) is 22.3 Å². The van der Waals surface area contributed by atoms with Crippen LogP contribution in [0.3, 0.4) is 0 Å². The van der Waals surface area contributed by atoms with Crippen LogP contribution in [0.25, 0.3) is 10.9 Å². The number of fused-ring (bicyclic) bond motifs is 1. The van der Waals surface area contributed by atoms with E-state index in [1.54, 1.807) is 38.1 Å². The molecule has 8 heteroatoms. The molecule has 0 amide bonds. The van der Waals surface area contributed by atoms with E-state index in [1.165, 1.54) is 22.8 Å². The van der Waals surface area contributed by atoms with Gasteiger partial charge in [0.15, 0.2) is 0 Å². The van der Waals surface area contributed by atoms with E-state index in [2.05, 4.69) is 4.98 Å². The van der Waals surface area contributed by atoms with Gasteiger partial charge >= 0.3 is 5.97 Å². The molecule has 0 saturated heterocycles. The van der Waals surface area contributed by atoms with Crippen LogP contribution < -0.4 is 5.56 Å². The molecule has 1 aromatic heterocycles. The third-order valence-corrected chi connectivity index (χ3v) is 4.24. The Labute approximate surface area is 154 Å². The first kappa shape index (κ1) is 18.2. The minimum absolute atomic E-state index is 0.0543. The van der Waals surface area contributed by atoms with Crippen molar-refractivity contribution in [3.8, 4) is 0 Å². The van der Waals surface area contributed by atoms with E-state index in [9.17, 15) is 19.7 Å². The molecule has 8 nitrogen and oxygen atoms in total. The second kappa shape index (κ2) is 7.36. The minimum atomic E-state index is -0.683. The maximum absolute atomic E-state index is 12.6. The number of para-hydroxylation sites is 1. The first-order valence-electron chi connectivity index (χ1n) is 8.27. The first-order valence-corrected chi connectivity index (χ1v) is 8.27. The van der Waals surface area contributed by atoms with Gasteiger partial charge in [-0.25, -0.2) is 9.78 Å². The molecule has 0 bridgehead atoms. The number of nitrogens with zero attached hydrogens (tertiary/aromatic N) is 3. The number of aromatic nitrogens is 2. The fraction of sp³-hybridized carbons (Fsp3) is 0.211. The van der Waals surface area contributed by atoms with Crippen LogP contribution in [0.1, 0.15) is 21.7 Å². The largest absolute Gasteiger partial charge is 0.460 e. The Morgan fingerprint density at radius 2 is 1.96 bits per heavy atom. The Morgan fingerprint density at radius 3 is 2.70 bits per heavy atom. The highest BCUT2D eigenvalue weighted by Crippen LogP contribution is 2.19. The van der Waals surface area contributed by atoms with Gasteiger partial charge in [-0.1, -0.05) is 18.2 Å². The summed E-state index contributed by atoms with van der Waals surface area (Å²) in [6, 6.07) is 11.2. The second-order valence-corrected chi connectivity index (χ2v) is 6.03. The zero-order valence-electron chi connectivity index (χ0n) is 14.8. The topological polar surface area (TPSA) is 104 Å². The van der Waals surface area contributed by atoms with Crippen LogP contribution in [0.15, 0.2) is 47.3 Å². The molecule has 2 aromatic carbocycles. The Morgan fingerprint density at radius 1 is 1.22 bits per heavy atom. The number of benzene rings is 2. The molecule has 3 aromatic rings. The monoisotopic (exact) mass is 367 g/mol. The number of nitro benzene ring substituents is 1. The van der Waals surface area contributed by atoms with Crippen LogP contribution in [-0.4, -0.2) is 27.1 Å². The smallest absolute Gasteiger partial charge is 0.338 e. The van der Waals surface area contributed by atoms with Crippen LogP contribution in [0.4, 0.5) is 5.69 Å². The fourth-order valence-electron chi connectivity index (χ4n) is 2.79. The quantitative estimate of drug-likeness (QED) is 0.390. The van der Waals surface area contributed by atoms with E-state index in [-0.39, 0.29) is 30.0 Å². The van der Waals surface area contributed by atoms with Gasteiger partial charge in [0.25, 0.3) is 11.2 Å². The molecule has 0 aliphatic carbocycles. The van der Waals surface area contributed by atoms with Crippen molar-refractivity contribution < 1.29 is 14.5 Å². The van der Waals surface area contributed by atoms with Crippen molar-refractivity contribution in [2.75, 3.05) is 6.61 Å². The zero-order chi connectivity index (χ0) is 19.6.